The monoisotopic (exact) mass is 550 g/mol. The summed E-state index contributed by atoms with van der Waals surface area (Å²) in [5.41, 5.74) is 8.66. The number of anilines is 2. The van der Waals surface area contributed by atoms with Crippen molar-refractivity contribution in [3.05, 3.63) is 89.1 Å². The molecular formula is C26H21F3N8OS. The first-order valence-electron chi connectivity index (χ1n) is 11.6. The fourth-order valence-electron chi connectivity index (χ4n) is 3.92. The summed E-state index contributed by atoms with van der Waals surface area (Å²) in [6, 6.07) is 11.7. The summed E-state index contributed by atoms with van der Waals surface area (Å²) < 4.78 is 39.9. The maximum absolute atomic E-state index is 13.8. The Kier molecular flexibility index (Phi) is 6.83. The Morgan fingerprint density at radius 1 is 1.05 bits per heavy atom. The van der Waals surface area contributed by atoms with Crippen LogP contribution in [0.25, 0.3) is 21.3 Å². The number of amides is 1. The van der Waals surface area contributed by atoms with Crippen molar-refractivity contribution < 1.29 is 18.0 Å². The van der Waals surface area contributed by atoms with Crippen LogP contribution in [0.2, 0.25) is 0 Å². The number of aromatic nitrogens is 5. The third-order valence-corrected chi connectivity index (χ3v) is 6.84. The summed E-state index contributed by atoms with van der Waals surface area (Å²) in [4.78, 5) is 34.4. The Bertz CT molecular complexity index is 1640. The molecule has 0 saturated heterocycles. The van der Waals surface area contributed by atoms with Gasteiger partial charge in [-0.05, 0) is 48.9 Å². The van der Waals surface area contributed by atoms with Gasteiger partial charge in [0.1, 0.15) is 5.82 Å². The van der Waals surface area contributed by atoms with Crippen molar-refractivity contribution >= 4 is 39.9 Å². The van der Waals surface area contributed by atoms with Crippen LogP contribution in [0.1, 0.15) is 27.3 Å². The van der Waals surface area contributed by atoms with Crippen LogP contribution in [-0.2, 0) is 12.7 Å². The van der Waals surface area contributed by atoms with Gasteiger partial charge in [-0.2, -0.15) is 13.2 Å². The van der Waals surface area contributed by atoms with Crippen molar-refractivity contribution in [3.63, 3.8) is 0 Å². The Morgan fingerprint density at radius 3 is 2.51 bits per heavy atom. The van der Waals surface area contributed by atoms with Crippen LogP contribution in [0.4, 0.5) is 24.9 Å². The van der Waals surface area contributed by atoms with Crippen LogP contribution in [0, 0.1) is 6.92 Å². The number of aryl methyl sites for hydroxylation is 1. The highest BCUT2D eigenvalue weighted by Gasteiger charge is 2.36. The third kappa shape index (κ3) is 5.34. The molecule has 0 saturated carbocycles. The second-order valence-corrected chi connectivity index (χ2v) is 9.45. The van der Waals surface area contributed by atoms with Crippen LogP contribution in [0.5, 0.6) is 0 Å². The Balaban J connectivity index is 1.48. The van der Waals surface area contributed by atoms with E-state index in [-0.39, 0.29) is 28.8 Å². The Labute approximate surface area is 224 Å². The molecule has 0 aliphatic rings. The molecule has 39 heavy (non-hydrogen) atoms. The van der Waals surface area contributed by atoms with E-state index in [2.05, 4.69) is 24.9 Å². The van der Waals surface area contributed by atoms with E-state index in [1.54, 1.807) is 49.8 Å². The van der Waals surface area contributed by atoms with E-state index >= 15 is 0 Å². The van der Waals surface area contributed by atoms with Crippen LogP contribution >= 0.6 is 11.3 Å². The molecule has 5 aromatic rings. The first kappa shape index (κ1) is 26.0. The van der Waals surface area contributed by atoms with Crippen molar-refractivity contribution in [2.45, 2.75) is 19.6 Å². The van der Waals surface area contributed by atoms with Crippen LogP contribution in [0.15, 0.2) is 66.6 Å². The minimum Gasteiger partial charge on any atom is -0.383 e. The number of hydrogen-bond acceptors (Lipinski definition) is 9. The number of alkyl halides is 3. The van der Waals surface area contributed by atoms with E-state index in [0.29, 0.717) is 22.6 Å². The van der Waals surface area contributed by atoms with Crippen molar-refractivity contribution in [3.8, 4) is 10.4 Å². The number of hydrogen-bond donors (Lipinski definition) is 1. The number of rotatable bonds is 6. The number of carbonyl (C=O) groups is 1. The Morgan fingerprint density at radius 2 is 1.82 bits per heavy atom. The number of hydrazine groups is 1. The fourth-order valence-corrected chi connectivity index (χ4v) is 4.72. The number of nitrogens with zero attached hydrogens (tertiary/aromatic N) is 7. The number of nitrogens with two attached hydrogens (primary N) is 1. The molecule has 13 heteroatoms. The first-order valence-corrected chi connectivity index (χ1v) is 12.4. The molecule has 0 fully saturated rings. The van der Waals surface area contributed by atoms with Gasteiger partial charge >= 0.3 is 6.18 Å². The van der Waals surface area contributed by atoms with Crippen molar-refractivity contribution in [1.29, 1.82) is 0 Å². The number of halogens is 3. The summed E-state index contributed by atoms with van der Waals surface area (Å²) in [6.07, 6.45) is -0.128. The summed E-state index contributed by atoms with van der Waals surface area (Å²) in [5, 5.41) is 3.65. The lowest BCUT2D eigenvalue weighted by atomic mass is 10.1. The molecule has 198 valence electrons. The van der Waals surface area contributed by atoms with Gasteiger partial charge in [-0.3, -0.25) is 14.8 Å². The van der Waals surface area contributed by atoms with E-state index in [0.717, 1.165) is 27.8 Å². The molecular weight excluding hydrogens is 529 g/mol. The topological polar surface area (TPSA) is 114 Å². The minimum absolute atomic E-state index is 0.000259. The zero-order valence-corrected chi connectivity index (χ0v) is 21.5. The maximum atomic E-state index is 13.8. The lowest BCUT2D eigenvalue weighted by molar-refractivity contribution is -0.140. The molecule has 4 aromatic heterocycles. The molecule has 4 heterocycles. The predicted octanol–water partition coefficient (Wildman–Crippen LogP) is 5.15. The van der Waals surface area contributed by atoms with Crippen molar-refractivity contribution in [2.24, 2.45) is 0 Å². The van der Waals surface area contributed by atoms with Gasteiger partial charge in [0, 0.05) is 42.2 Å². The quantitative estimate of drug-likeness (QED) is 0.289. The number of carbonyl (C=O) groups excluding carboxylic acids is 1. The summed E-state index contributed by atoms with van der Waals surface area (Å²) in [7, 11) is 1.64. The summed E-state index contributed by atoms with van der Waals surface area (Å²) in [5.74, 6) is 0.321. The maximum Gasteiger partial charge on any atom is 0.434 e. The van der Waals surface area contributed by atoms with Crippen LogP contribution in [-0.4, -0.2) is 42.9 Å². The number of fused-ring (bicyclic) bond motifs is 1. The van der Waals surface area contributed by atoms with Gasteiger partial charge in [-0.1, -0.05) is 6.07 Å². The predicted molar refractivity (Wildman–Crippen MR) is 142 cm³/mol. The molecule has 9 nitrogen and oxygen atoms in total. The number of nitrogen functional groups attached to an aromatic ring is 1. The van der Waals surface area contributed by atoms with Crippen molar-refractivity contribution in [1.82, 2.24) is 29.9 Å². The normalized spacial score (nSPS) is 11.5. The minimum atomic E-state index is -4.57. The van der Waals surface area contributed by atoms with Crippen LogP contribution in [0.3, 0.4) is 0 Å². The van der Waals surface area contributed by atoms with Gasteiger partial charge in [0.05, 0.1) is 28.1 Å². The SMILES string of the molecule is Cc1cc2cc(C(=O)N(Cc3ccc(-c4scnc4C(F)(F)F)cn3)N(C)c3ncccn3)ccc2nc1N. The number of pyridine rings is 2. The molecule has 5 rings (SSSR count). The molecule has 0 aliphatic heterocycles. The fraction of sp³-hybridized carbons (Fsp3) is 0.154. The third-order valence-electron chi connectivity index (χ3n) is 5.96. The molecule has 0 aliphatic carbocycles. The Hall–Kier alpha value is -4.65. The molecule has 0 unspecified atom stereocenters. The molecule has 0 radical (unpaired) electrons. The van der Waals surface area contributed by atoms with E-state index in [4.69, 9.17) is 5.73 Å². The number of thiazole rings is 1. The summed E-state index contributed by atoms with van der Waals surface area (Å²) in [6.45, 7) is 1.84. The first-order chi connectivity index (χ1) is 18.6. The molecule has 1 aromatic carbocycles. The molecule has 0 spiro atoms. The number of benzene rings is 1. The van der Waals surface area contributed by atoms with E-state index in [9.17, 15) is 18.0 Å². The van der Waals surface area contributed by atoms with E-state index < -0.39 is 11.9 Å². The van der Waals surface area contributed by atoms with Gasteiger partial charge < -0.3 is 5.73 Å². The zero-order chi connectivity index (χ0) is 27.7. The van der Waals surface area contributed by atoms with E-state index in [1.807, 2.05) is 13.0 Å². The van der Waals surface area contributed by atoms with Crippen LogP contribution < -0.4 is 10.7 Å². The van der Waals surface area contributed by atoms with E-state index in [1.165, 1.54) is 22.3 Å². The standard InChI is InChI=1S/C26H21F3N8OS/c1-15-10-18-11-16(5-7-20(18)35-23(15)30)24(38)37(36(2)25-31-8-3-9-32-25)13-19-6-4-17(12-33-19)21-22(26(27,28)29)34-14-39-21/h3-12,14H,13H2,1-2H3,(H2,30,35). The van der Waals surface area contributed by atoms with Gasteiger partial charge in [0.25, 0.3) is 5.91 Å². The van der Waals surface area contributed by atoms with Gasteiger partial charge in [-0.15, -0.1) is 11.3 Å². The van der Waals surface area contributed by atoms with Gasteiger partial charge in [0.15, 0.2) is 5.69 Å². The average molecular weight is 551 g/mol. The molecule has 2 N–H and O–H groups in total. The molecule has 0 atom stereocenters. The average Bonchev–Trinajstić information content (AvgIpc) is 3.43. The highest BCUT2D eigenvalue weighted by molar-refractivity contribution is 7.13. The highest BCUT2D eigenvalue weighted by Crippen LogP contribution is 2.38. The summed E-state index contributed by atoms with van der Waals surface area (Å²) >= 11 is 0.883. The smallest absolute Gasteiger partial charge is 0.383 e. The second-order valence-electron chi connectivity index (χ2n) is 8.60. The second kappa shape index (κ2) is 10.3. The lowest BCUT2D eigenvalue weighted by Crippen LogP contribution is -2.45. The lowest BCUT2D eigenvalue weighted by Gasteiger charge is -2.31. The van der Waals surface area contributed by atoms with Gasteiger partial charge in [-0.25, -0.2) is 24.9 Å². The molecule has 1 amide bonds. The molecule has 0 bridgehead atoms. The largest absolute Gasteiger partial charge is 0.434 e. The van der Waals surface area contributed by atoms with Crippen molar-refractivity contribution in [2.75, 3.05) is 17.8 Å². The zero-order valence-electron chi connectivity index (χ0n) is 20.7. The van der Waals surface area contributed by atoms with Gasteiger partial charge in [0.2, 0.25) is 5.95 Å². The highest BCUT2D eigenvalue weighted by atomic mass is 32.1.